The highest BCUT2D eigenvalue weighted by Crippen LogP contribution is 2.22. The molecule has 0 aliphatic carbocycles. The third kappa shape index (κ3) is 4.56. The molecule has 1 aromatic carbocycles. The SMILES string of the molecule is CNC(C)c1cccc(SCCN(C)C)c1. The molecule has 1 aromatic rings. The van der Waals surface area contributed by atoms with E-state index >= 15 is 0 Å². The molecule has 0 spiro atoms. The van der Waals surface area contributed by atoms with Gasteiger partial charge in [-0.1, -0.05) is 12.1 Å². The molecule has 3 heteroatoms. The number of nitrogens with zero attached hydrogens (tertiary/aromatic N) is 1. The maximum absolute atomic E-state index is 3.27. The second kappa shape index (κ2) is 6.94. The van der Waals surface area contributed by atoms with Gasteiger partial charge in [-0.2, -0.15) is 0 Å². The number of hydrogen-bond acceptors (Lipinski definition) is 3. The van der Waals surface area contributed by atoms with Crippen LogP contribution in [0.2, 0.25) is 0 Å². The van der Waals surface area contributed by atoms with Gasteiger partial charge in [0.15, 0.2) is 0 Å². The Balaban J connectivity index is 2.54. The first-order chi connectivity index (χ1) is 7.63. The normalized spacial score (nSPS) is 13.1. The molecule has 0 heterocycles. The lowest BCUT2D eigenvalue weighted by molar-refractivity contribution is 0.437. The van der Waals surface area contributed by atoms with E-state index in [4.69, 9.17) is 0 Å². The van der Waals surface area contributed by atoms with Crippen LogP contribution in [0.15, 0.2) is 29.2 Å². The molecule has 0 aliphatic heterocycles. The standard InChI is InChI=1S/C13H22N2S/c1-11(14-2)12-6-5-7-13(10-12)16-9-8-15(3)4/h5-7,10-11,14H,8-9H2,1-4H3. The van der Waals surface area contributed by atoms with E-state index in [1.165, 1.54) is 10.5 Å². The Morgan fingerprint density at radius 2 is 2.12 bits per heavy atom. The Morgan fingerprint density at radius 1 is 1.38 bits per heavy atom. The van der Waals surface area contributed by atoms with Crippen molar-refractivity contribution in [1.82, 2.24) is 10.2 Å². The Labute approximate surface area is 103 Å². The van der Waals surface area contributed by atoms with Gasteiger partial charge < -0.3 is 10.2 Å². The predicted molar refractivity (Wildman–Crippen MR) is 73.2 cm³/mol. The molecule has 1 N–H and O–H groups in total. The quantitative estimate of drug-likeness (QED) is 0.767. The molecule has 2 nitrogen and oxygen atoms in total. The van der Waals surface area contributed by atoms with E-state index in [-0.39, 0.29) is 0 Å². The van der Waals surface area contributed by atoms with Gasteiger partial charge in [-0.05, 0) is 45.8 Å². The predicted octanol–water partition coefficient (Wildman–Crippen LogP) is 2.62. The molecule has 0 amide bonds. The first-order valence-electron chi connectivity index (χ1n) is 5.68. The van der Waals surface area contributed by atoms with Crippen LogP contribution in [0, 0.1) is 0 Å². The molecule has 0 aliphatic rings. The summed E-state index contributed by atoms with van der Waals surface area (Å²) < 4.78 is 0. The van der Waals surface area contributed by atoms with E-state index in [2.05, 4.69) is 55.5 Å². The number of hydrogen-bond donors (Lipinski definition) is 1. The van der Waals surface area contributed by atoms with Crippen LogP contribution < -0.4 is 5.32 Å². The Hall–Kier alpha value is -0.510. The fourth-order valence-electron chi connectivity index (χ4n) is 1.39. The van der Waals surface area contributed by atoms with E-state index in [0.717, 1.165) is 12.3 Å². The van der Waals surface area contributed by atoms with Gasteiger partial charge in [-0.15, -0.1) is 11.8 Å². The van der Waals surface area contributed by atoms with Crippen molar-refractivity contribution >= 4 is 11.8 Å². The molecule has 0 aromatic heterocycles. The summed E-state index contributed by atoms with van der Waals surface area (Å²) in [4.78, 5) is 3.58. The van der Waals surface area contributed by atoms with Crippen molar-refractivity contribution in [3.05, 3.63) is 29.8 Å². The van der Waals surface area contributed by atoms with E-state index in [0.29, 0.717) is 6.04 Å². The van der Waals surface area contributed by atoms with E-state index < -0.39 is 0 Å². The van der Waals surface area contributed by atoms with Gasteiger partial charge >= 0.3 is 0 Å². The highest BCUT2D eigenvalue weighted by atomic mass is 32.2. The van der Waals surface area contributed by atoms with E-state index in [9.17, 15) is 0 Å². The molecule has 90 valence electrons. The minimum Gasteiger partial charge on any atom is -0.313 e. The summed E-state index contributed by atoms with van der Waals surface area (Å²) in [5.74, 6) is 1.14. The van der Waals surface area contributed by atoms with Crippen molar-refractivity contribution in [3.63, 3.8) is 0 Å². The monoisotopic (exact) mass is 238 g/mol. The Morgan fingerprint density at radius 3 is 2.75 bits per heavy atom. The summed E-state index contributed by atoms with van der Waals surface area (Å²) in [7, 11) is 6.22. The van der Waals surface area contributed by atoms with Gasteiger partial charge in [0.2, 0.25) is 0 Å². The molecule has 0 radical (unpaired) electrons. The van der Waals surface area contributed by atoms with E-state index in [1.54, 1.807) is 0 Å². The average molecular weight is 238 g/mol. The van der Waals surface area contributed by atoms with Crippen molar-refractivity contribution in [2.24, 2.45) is 0 Å². The summed E-state index contributed by atoms with van der Waals surface area (Å²) in [6, 6.07) is 9.21. The Kier molecular flexibility index (Phi) is 5.88. The van der Waals surface area contributed by atoms with Crippen LogP contribution >= 0.6 is 11.8 Å². The highest BCUT2D eigenvalue weighted by Gasteiger charge is 2.03. The van der Waals surface area contributed by atoms with Crippen LogP contribution in [0.3, 0.4) is 0 Å². The lowest BCUT2D eigenvalue weighted by Crippen LogP contribution is -2.14. The zero-order valence-corrected chi connectivity index (χ0v) is 11.5. The third-order valence-electron chi connectivity index (χ3n) is 2.60. The smallest absolute Gasteiger partial charge is 0.0289 e. The minimum atomic E-state index is 0.425. The molecule has 0 bridgehead atoms. The van der Waals surface area contributed by atoms with Crippen molar-refractivity contribution in [1.29, 1.82) is 0 Å². The summed E-state index contributed by atoms with van der Waals surface area (Å²) in [6.07, 6.45) is 0. The van der Waals surface area contributed by atoms with Crippen LogP contribution in [0.25, 0.3) is 0 Å². The van der Waals surface area contributed by atoms with Crippen LogP contribution in [0.5, 0.6) is 0 Å². The minimum absolute atomic E-state index is 0.425. The molecule has 0 saturated carbocycles. The van der Waals surface area contributed by atoms with Crippen molar-refractivity contribution in [2.75, 3.05) is 33.4 Å². The van der Waals surface area contributed by atoms with Gasteiger partial charge in [0.25, 0.3) is 0 Å². The van der Waals surface area contributed by atoms with Crippen LogP contribution in [0.4, 0.5) is 0 Å². The zero-order valence-electron chi connectivity index (χ0n) is 10.7. The number of thioether (sulfide) groups is 1. The summed E-state index contributed by atoms with van der Waals surface area (Å²) >= 11 is 1.92. The molecular weight excluding hydrogens is 216 g/mol. The van der Waals surface area contributed by atoms with Crippen LogP contribution in [0.1, 0.15) is 18.5 Å². The number of rotatable bonds is 6. The van der Waals surface area contributed by atoms with Gasteiger partial charge in [-0.25, -0.2) is 0 Å². The van der Waals surface area contributed by atoms with Crippen molar-refractivity contribution in [2.45, 2.75) is 17.9 Å². The first-order valence-corrected chi connectivity index (χ1v) is 6.67. The fourth-order valence-corrected chi connectivity index (χ4v) is 2.47. The highest BCUT2D eigenvalue weighted by molar-refractivity contribution is 7.99. The van der Waals surface area contributed by atoms with E-state index in [1.807, 2.05) is 18.8 Å². The maximum Gasteiger partial charge on any atom is 0.0289 e. The second-order valence-corrected chi connectivity index (χ2v) is 5.40. The zero-order chi connectivity index (χ0) is 12.0. The van der Waals surface area contributed by atoms with Gasteiger partial charge in [-0.3, -0.25) is 0 Å². The molecule has 1 rings (SSSR count). The summed E-state index contributed by atoms with van der Waals surface area (Å²) in [5, 5.41) is 3.27. The maximum atomic E-state index is 3.27. The average Bonchev–Trinajstić information content (AvgIpc) is 2.28. The van der Waals surface area contributed by atoms with Crippen molar-refractivity contribution < 1.29 is 0 Å². The number of benzene rings is 1. The lowest BCUT2D eigenvalue weighted by atomic mass is 10.1. The van der Waals surface area contributed by atoms with Crippen molar-refractivity contribution in [3.8, 4) is 0 Å². The lowest BCUT2D eigenvalue weighted by Gasteiger charge is -2.12. The third-order valence-corrected chi connectivity index (χ3v) is 3.57. The Bertz CT molecular complexity index is 313. The molecule has 1 unspecified atom stereocenters. The topological polar surface area (TPSA) is 15.3 Å². The molecule has 0 saturated heterocycles. The van der Waals surface area contributed by atoms with Crippen LogP contribution in [-0.4, -0.2) is 38.3 Å². The van der Waals surface area contributed by atoms with Gasteiger partial charge in [0.1, 0.15) is 0 Å². The first kappa shape index (κ1) is 13.6. The number of nitrogens with one attached hydrogen (secondary N) is 1. The molecule has 16 heavy (non-hydrogen) atoms. The molecule has 1 atom stereocenters. The van der Waals surface area contributed by atoms with Gasteiger partial charge in [0.05, 0.1) is 0 Å². The summed E-state index contributed by atoms with van der Waals surface area (Å²) in [6.45, 7) is 3.31. The van der Waals surface area contributed by atoms with Crippen LogP contribution in [-0.2, 0) is 0 Å². The fraction of sp³-hybridized carbons (Fsp3) is 0.538. The van der Waals surface area contributed by atoms with Gasteiger partial charge in [0, 0.05) is 23.2 Å². The second-order valence-electron chi connectivity index (χ2n) is 4.23. The summed E-state index contributed by atoms with van der Waals surface area (Å²) in [5.41, 5.74) is 1.36. The molecular formula is C13H22N2S. The molecule has 0 fully saturated rings. The largest absolute Gasteiger partial charge is 0.313 e.